The number of benzene rings is 1. The number of amides is 1. The van der Waals surface area contributed by atoms with Crippen molar-refractivity contribution in [3.63, 3.8) is 0 Å². The first kappa shape index (κ1) is 15.0. The minimum atomic E-state index is -0.0199. The van der Waals surface area contributed by atoms with Gasteiger partial charge in [0.2, 0.25) is 0 Å². The fourth-order valence-electron chi connectivity index (χ4n) is 2.95. The number of nitrogens with one attached hydrogen (secondary N) is 1. The standard InChI is InChI=1S/C18H22N2O2/c1-2-22-13-18(8-4-9-18)12-20-17(21)15-6-7-16-14(11-15)5-3-10-19-16/h3,5-7,10-11H,2,4,8-9,12-13H2,1H3,(H,20,21). The van der Waals surface area contributed by atoms with Crippen LogP contribution < -0.4 is 5.32 Å². The van der Waals surface area contributed by atoms with Gasteiger partial charge in [0, 0.05) is 35.7 Å². The van der Waals surface area contributed by atoms with Crippen LogP contribution in [-0.4, -0.2) is 30.6 Å². The monoisotopic (exact) mass is 298 g/mol. The van der Waals surface area contributed by atoms with E-state index >= 15 is 0 Å². The molecule has 22 heavy (non-hydrogen) atoms. The van der Waals surface area contributed by atoms with Gasteiger partial charge in [-0.3, -0.25) is 9.78 Å². The lowest BCUT2D eigenvalue weighted by molar-refractivity contribution is -0.000181. The van der Waals surface area contributed by atoms with Gasteiger partial charge in [0.1, 0.15) is 0 Å². The molecule has 0 bridgehead atoms. The Morgan fingerprint density at radius 3 is 2.95 bits per heavy atom. The van der Waals surface area contributed by atoms with Gasteiger partial charge < -0.3 is 10.1 Å². The van der Waals surface area contributed by atoms with Crippen LogP contribution in [0.2, 0.25) is 0 Å². The molecule has 0 unspecified atom stereocenters. The first-order valence-electron chi connectivity index (χ1n) is 7.93. The molecule has 1 aromatic carbocycles. The summed E-state index contributed by atoms with van der Waals surface area (Å²) in [7, 11) is 0. The third-order valence-corrected chi connectivity index (χ3v) is 4.52. The van der Waals surface area contributed by atoms with E-state index in [1.807, 2.05) is 37.3 Å². The molecular formula is C18H22N2O2. The van der Waals surface area contributed by atoms with Crippen molar-refractivity contribution in [1.29, 1.82) is 0 Å². The third kappa shape index (κ3) is 3.12. The molecule has 1 aliphatic carbocycles. The molecule has 4 heteroatoms. The number of aromatic nitrogens is 1. The van der Waals surface area contributed by atoms with Crippen LogP contribution in [0.4, 0.5) is 0 Å². The quantitative estimate of drug-likeness (QED) is 0.891. The van der Waals surface area contributed by atoms with E-state index in [9.17, 15) is 4.79 Å². The fourth-order valence-corrected chi connectivity index (χ4v) is 2.95. The fraction of sp³-hybridized carbons (Fsp3) is 0.444. The Hall–Kier alpha value is -1.94. The van der Waals surface area contributed by atoms with E-state index in [-0.39, 0.29) is 11.3 Å². The number of pyridine rings is 1. The first-order valence-corrected chi connectivity index (χ1v) is 7.93. The van der Waals surface area contributed by atoms with Crippen molar-refractivity contribution in [2.75, 3.05) is 19.8 Å². The second-order valence-corrected chi connectivity index (χ2v) is 6.08. The minimum Gasteiger partial charge on any atom is -0.381 e. The summed E-state index contributed by atoms with van der Waals surface area (Å²) in [5, 5.41) is 4.06. The van der Waals surface area contributed by atoms with E-state index in [1.54, 1.807) is 6.20 Å². The molecule has 1 saturated carbocycles. The maximum absolute atomic E-state index is 12.4. The summed E-state index contributed by atoms with van der Waals surface area (Å²) in [6.45, 7) is 4.17. The Morgan fingerprint density at radius 2 is 2.23 bits per heavy atom. The molecule has 1 aromatic heterocycles. The van der Waals surface area contributed by atoms with Gasteiger partial charge in [0.15, 0.2) is 0 Å². The normalized spacial score (nSPS) is 16.2. The van der Waals surface area contributed by atoms with Crippen molar-refractivity contribution in [2.45, 2.75) is 26.2 Å². The second-order valence-electron chi connectivity index (χ2n) is 6.08. The third-order valence-electron chi connectivity index (χ3n) is 4.52. The van der Waals surface area contributed by atoms with Crippen LogP contribution in [0.1, 0.15) is 36.5 Å². The second kappa shape index (κ2) is 6.44. The average Bonchev–Trinajstić information content (AvgIpc) is 2.53. The van der Waals surface area contributed by atoms with E-state index in [1.165, 1.54) is 6.42 Å². The number of ether oxygens (including phenoxy) is 1. The van der Waals surface area contributed by atoms with Crippen LogP contribution in [0.15, 0.2) is 36.5 Å². The molecule has 1 N–H and O–H groups in total. The topological polar surface area (TPSA) is 51.2 Å². The number of carbonyl (C=O) groups excluding carboxylic acids is 1. The SMILES string of the molecule is CCOCC1(CNC(=O)c2ccc3ncccc3c2)CCC1. The van der Waals surface area contributed by atoms with Crippen molar-refractivity contribution in [1.82, 2.24) is 10.3 Å². The minimum absolute atomic E-state index is 0.0199. The summed E-state index contributed by atoms with van der Waals surface area (Å²) in [6.07, 6.45) is 5.25. The molecule has 0 radical (unpaired) electrons. The number of fused-ring (bicyclic) bond motifs is 1. The summed E-state index contributed by atoms with van der Waals surface area (Å²) >= 11 is 0. The number of carbonyl (C=O) groups is 1. The van der Waals surface area contributed by atoms with Crippen molar-refractivity contribution >= 4 is 16.8 Å². The van der Waals surface area contributed by atoms with E-state index in [0.717, 1.165) is 37.0 Å². The molecule has 116 valence electrons. The lowest BCUT2D eigenvalue weighted by Gasteiger charge is -2.41. The molecule has 4 nitrogen and oxygen atoms in total. The lowest BCUT2D eigenvalue weighted by atomic mass is 9.69. The highest BCUT2D eigenvalue weighted by atomic mass is 16.5. The van der Waals surface area contributed by atoms with Crippen molar-refractivity contribution < 1.29 is 9.53 Å². The van der Waals surface area contributed by atoms with Crippen LogP contribution in [0.5, 0.6) is 0 Å². The van der Waals surface area contributed by atoms with Crippen LogP contribution in [0.3, 0.4) is 0 Å². The highest BCUT2D eigenvalue weighted by Gasteiger charge is 2.37. The molecule has 0 aliphatic heterocycles. The summed E-state index contributed by atoms with van der Waals surface area (Å²) in [5.74, 6) is -0.0199. The van der Waals surface area contributed by atoms with Gasteiger partial charge in [-0.1, -0.05) is 12.5 Å². The van der Waals surface area contributed by atoms with Gasteiger partial charge in [-0.2, -0.15) is 0 Å². The van der Waals surface area contributed by atoms with Crippen molar-refractivity contribution in [3.8, 4) is 0 Å². The summed E-state index contributed by atoms with van der Waals surface area (Å²) < 4.78 is 5.58. The van der Waals surface area contributed by atoms with E-state index < -0.39 is 0 Å². The molecule has 1 fully saturated rings. The predicted octanol–water partition coefficient (Wildman–Crippen LogP) is 3.17. The average molecular weight is 298 g/mol. The zero-order valence-corrected chi connectivity index (χ0v) is 13.0. The van der Waals surface area contributed by atoms with Gasteiger partial charge in [-0.15, -0.1) is 0 Å². The maximum Gasteiger partial charge on any atom is 0.251 e. The van der Waals surface area contributed by atoms with Crippen molar-refractivity contribution in [3.05, 3.63) is 42.1 Å². The number of nitrogens with zero attached hydrogens (tertiary/aromatic N) is 1. The summed E-state index contributed by atoms with van der Waals surface area (Å²) in [6, 6.07) is 9.48. The smallest absolute Gasteiger partial charge is 0.251 e. The van der Waals surface area contributed by atoms with Crippen LogP contribution >= 0.6 is 0 Å². The number of rotatable bonds is 6. The molecular weight excluding hydrogens is 276 g/mol. The molecule has 0 saturated heterocycles. The highest BCUT2D eigenvalue weighted by Crippen LogP contribution is 2.40. The van der Waals surface area contributed by atoms with Gasteiger partial charge in [-0.25, -0.2) is 0 Å². The van der Waals surface area contributed by atoms with Crippen LogP contribution in [0.25, 0.3) is 10.9 Å². The summed E-state index contributed by atoms with van der Waals surface area (Å²) in [5.41, 5.74) is 1.74. The number of hydrogen-bond donors (Lipinski definition) is 1. The Morgan fingerprint density at radius 1 is 1.36 bits per heavy atom. The molecule has 1 aliphatic rings. The van der Waals surface area contributed by atoms with E-state index in [0.29, 0.717) is 12.1 Å². The zero-order chi connectivity index (χ0) is 15.4. The Bertz CT molecular complexity index is 665. The molecule has 3 rings (SSSR count). The van der Waals surface area contributed by atoms with E-state index in [2.05, 4.69) is 10.3 Å². The first-order chi connectivity index (χ1) is 10.7. The Balaban J connectivity index is 1.65. The summed E-state index contributed by atoms with van der Waals surface area (Å²) in [4.78, 5) is 16.7. The van der Waals surface area contributed by atoms with Crippen molar-refractivity contribution in [2.24, 2.45) is 5.41 Å². The molecule has 0 atom stereocenters. The molecule has 1 heterocycles. The maximum atomic E-state index is 12.4. The Kier molecular flexibility index (Phi) is 4.39. The van der Waals surface area contributed by atoms with Crippen LogP contribution in [0, 0.1) is 5.41 Å². The number of hydrogen-bond acceptors (Lipinski definition) is 3. The van der Waals surface area contributed by atoms with Crippen LogP contribution in [-0.2, 0) is 4.74 Å². The van der Waals surface area contributed by atoms with Gasteiger partial charge >= 0.3 is 0 Å². The highest BCUT2D eigenvalue weighted by molar-refractivity contribution is 5.97. The van der Waals surface area contributed by atoms with E-state index in [4.69, 9.17) is 4.74 Å². The zero-order valence-electron chi connectivity index (χ0n) is 13.0. The largest absolute Gasteiger partial charge is 0.381 e. The lowest BCUT2D eigenvalue weighted by Crippen LogP contribution is -2.45. The molecule has 2 aromatic rings. The van der Waals surface area contributed by atoms with Gasteiger partial charge in [0.05, 0.1) is 12.1 Å². The van der Waals surface area contributed by atoms with Gasteiger partial charge in [0.25, 0.3) is 5.91 Å². The van der Waals surface area contributed by atoms with Gasteiger partial charge in [-0.05, 0) is 44.0 Å². The molecule has 0 spiro atoms. The Labute approximate surface area is 130 Å². The predicted molar refractivity (Wildman–Crippen MR) is 86.9 cm³/mol. The molecule has 1 amide bonds.